The normalized spacial score (nSPS) is 12.4. The van der Waals surface area contributed by atoms with Crippen molar-refractivity contribution in [3.05, 3.63) is 40.3 Å². The van der Waals surface area contributed by atoms with Gasteiger partial charge in [0.15, 0.2) is 12.3 Å². The SMILES string of the molecule is CC(C)[C@@H](C)NC(=O)COC(=O)c1nn(C(C)C)c(=O)c2ccccc12. The second-order valence-electron chi connectivity index (χ2n) is 6.91. The van der Waals surface area contributed by atoms with Gasteiger partial charge in [-0.15, -0.1) is 0 Å². The molecule has 0 bridgehead atoms. The largest absolute Gasteiger partial charge is 0.451 e. The van der Waals surface area contributed by atoms with Crippen LogP contribution in [0.25, 0.3) is 10.8 Å². The van der Waals surface area contributed by atoms with E-state index in [9.17, 15) is 14.4 Å². The highest BCUT2D eigenvalue weighted by molar-refractivity contribution is 6.02. The van der Waals surface area contributed by atoms with Crippen LogP contribution in [0.15, 0.2) is 29.1 Å². The molecule has 1 aromatic carbocycles. The first kappa shape index (κ1) is 19.6. The van der Waals surface area contributed by atoms with Gasteiger partial charge in [0.05, 0.1) is 11.4 Å². The molecule has 0 saturated heterocycles. The number of fused-ring (bicyclic) bond motifs is 1. The highest BCUT2D eigenvalue weighted by atomic mass is 16.5. The molecule has 0 aliphatic carbocycles. The summed E-state index contributed by atoms with van der Waals surface area (Å²) in [4.78, 5) is 36.9. The number of hydrogen-bond acceptors (Lipinski definition) is 5. The Bertz CT molecular complexity index is 871. The summed E-state index contributed by atoms with van der Waals surface area (Å²) >= 11 is 0. The van der Waals surface area contributed by atoms with Gasteiger partial charge in [0.1, 0.15) is 0 Å². The van der Waals surface area contributed by atoms with E-state index in [1.54, 1.807) is 38.1 Å². The van der Waals surface area contributed by atoms with E-state index < -0.39 is 12.6 Å². The van der Waals surface area contributed by atoms with E-state index in [2.05, 4.69) is 10.4 Å². The first-order chi connectivity index (χ1) is 12.2. The molecule has 0 fully saturated rings. The number of ether oxygens (including phenoxy) is 1. The predicted octanol–water partition coefficient (Wildman–Crippen LogP) is 2.29. The molecule has 26 heavy (non-hydrogen) atoms. The highest BCUT2D eigenvalue weighted by Gasteiger charge is 2.20. The number of aromatic nitrogens is 2. The van der Waals surface area contributed by atoms with Crippen LogP contribution in [0.4, 0.5) is 0 Å². The molecule has 0 radical (unpaired) electrons. The second-order valence-corrected chi connectivity index (χ2v) is 6.91. The number of nitrogens with zero attached hydrogens (tertiary/aromatic N) is 2. The number of amides is 1. The maximum atomic E-state index is 12.5. The first-order valence-electron chi connectivity index (χ1n) is 8.70. The standard InChI is InChI=1S/C19H25N3O4/c1-11(2)13(5)20-16(23)10-26-19(25)17-14-8-6-7-9-15(14)18(24)22(21-17)12(3)4/h6-9,11-13H,10H2,1-5H3,(H,20,23)/t13-/m1/s1. The highest BCUT2D eigenvalue weighted by Crippen LogP contribution is 2.15. The van der Waals surface area contributed by atoms with E-state index in [-0.39, 0.29) is 35.2 Å². The van der Waals surface area contributed by atoms with Gasteiger partial charge in [0.25, 0.3) is 11.5 Å². The Labute approximate surface area is 152 Å². The maximum Gasteiger partial charge on any atom is 0.359 e. The van der Waals surface area contributed by atoms with Crippen molar-refractivity contribution in [3.8, 4) is 0 Å². The second kappa shape index (κ2) is 8.12. The van der Waals surface area contributed by atoms with Crippen molar-refractivity contribution in [1.29, 1.82) is 0 Å². The lowest BCUT2D eigenvalue weighted by atomic mass is 10.1. The number of carbonyl (C=O) groups is 2. The summed E-state index contributed by atoms with van der Waals surface area (Å²) in [7, 11) is 0. The molecule has 0 spiro atoms. The Hall–Kier alpha value is -2.70. The number of rotatable bonds is 6. The third kappa shape index (κ3) is 4.28. The summed E-state index contributed by atoms with van der Waals surface area (Å²) in [6.45, 7) is 9.08. The molecule has 7 nitrogen and oxygen atoms in total. The summed E-state index contributed by atoms with van der Waals surface area (Å²) in [6.07, 6.45) is 0. The average molecular weight is 359 g/mol. The van der Waals surface area contributed by atoms with Crippen LogP contribution < -0.4 is 10.9 Å². The molecule has 1 aromatic heterocycles. The lowest BCUT2D eigenvalue weighted by molar-refractivity contribution is -0.125. The molecule has 1 N–H and O–H groups in total. The molecular weight excluding hydrogens is 334 g/mol. The van der Waals surface area contributed by atoms with Gasteiger partial charge in [-0.2, -0.15) is 5.10 Å². The molecule has 1 heterocycles. The molecule has 7 heteroatoms. The number of esters is 1. The molecule has 0 unspecified atom stereocenters. The van der Waals surface area contributed by atoms with Crippen molar-refractivity contribution in [2.24, 2.45) is 5.92 Å². The fraction of sp³-hybridized carbons (Fsp3) is 0.474. The van der Waals surface area contributed by atoms with Crippen LogP contribution in [-0.4, -0.2) is 34.3 Å². The van der Waals surface area contributed by atoms with Gasteiger partial charge < -0.3 is 10.1 Å². The smallest absolute Gasteiger partial charge is 0.359 e. The van der Waals surface area contributed by atoms with Gasteiger partial charge in [0, 0.05) is 11.4 Å². The predicted molar refractivity (Wildman–Crippen MR) is 99.1 cm³/mol. The Kier molecular flexibility index (Phi) is 6.13. The fourth-order valence-electron chi connectivity index (χ4n) is 2.37. The van der Waals surface area contributed by atoms with Crippen LogP contribution in [0.3, 0.4) is 0 Å². The number of carbonyl (C=O) groups excluding carboxylic acids is 2. The van der Waals surface area contributed by atoms with Gasteiger partial charge in [0.2, 0.25) is 0 Å². The van der Waals surface area contributed by atoms with Crippen LogP contribution in [-0.2, 0) is 9.53 Å². The van der Waals surface area contributed by atoms with Gasteiger partial charge in [-0.3, -0.25) is 9.59 Å². The minimum atomic E-state index is -0.733. The van der Waals surface area contributed by atoms with Gasteiger partial charge >= 0.3 is 5.97 Å². The topological polar surface area (TPSA) is 90.3 Å². The van der Waals surface area contributed by atoms with E-state index in [0.29, 0.717) is 10.8 Å². The third-order valence-electron chi connectivity index (χ3n) is 4.23. The minimum absolute atomic E-state index is 0.0250. The molecule has 0 aliphatic heterocycles. The summed E-state index contributed by atoms with van der Waals surface area (Å²) in [5.41, 5.74) is -0.241. The lowest BCUT2D eigenvalue weighted by Gasteiger charge is -2.17. The van der Waals surface area contributed by atoms with E-state index in [1.165, 1.54) is 4.68 Å². The van der Waals surface area contributed by atoms with Crippen molar-refractivity contribution in [2.75, 3.05) is 6.61 Å². The van der Waals surface area contributed by atoms with Crippen LogP contribution in [0.5, 0.6) is 0 Å². The zero-order chi connectivity index (χ0) is 19.4. The average Bonchev–Trinajstić information content (AvgIpc) is 2.59. The van der Waals surface area contributed by atoms with Crippen molar-refractivity contribution in [1.82, 2.24) is 15.1 Å². The van der Waals surface area contributed by atoms with Crippen LogP contribution in [0, 0.1) is 5.92 Å². The maximum absolute atomic E-state index is 12.5. The Morgan fingerprint density at radius 3 is 2.31 bits per heavy atom. The Balaban J connectivity index is 2.26. The molecular formula is C19H25N3O4. The first-order valence-corrected chi connectivity index (χ1v) is 8.70. The summed E-state index contributed by atoms with van der Waals surface area (Å²) in [6, 6.07) is 6.50. The Morgan fingerprint density at radius 1 is 1.12 bits per heavy atom. The third-order valence-corrected chi connectivity index (χ3v) is 4.23. The monoisotopic (exact) mass is 359 g/mol. The number of nitrogens with one attached hydrogen (secondary N) is 1. The molecule has 140 valence electrons. The quantitative estimate of drug-likeness (QED) is 0.799. The Morgan fingerprint density at radius 2 is 1.73 bits per heavy atom. The van der Waals surface area contributed by atoms with E-state index in [1.807, 2.05) is 20.8 Å². The minimum Gasteiger partial charge on any atom is -0.451 e. The molecule has 0 saturated carbocycles. The molecule has 2 rings (SSSR count). The summed E-state index contributed by atoms with van der Waals surface area (Å²) in [5.74, 6) is -0.834. The lowest BCUT2D eigenvalue weighted by Crippen LogP contribution is -2.38. The van der Waals surface area contributed by atoms with Gasteiger partial charge in [-0.25, -0.2) is 9.48 Å². The van der Waals surface area contributed by atoms with Crippen molar-refractivity contribution >= 4 is 22.6 Å². The van der Waals surface area contributed by atoms with E-state index in [4.69, 9.17) is 4.74 Å². The fourth-order valence-corrected chi connectivity index (χ4v) is 2.37. The van der Waals surface area contributed by atoms with Crippen LogP contribution >= 0.6 is 0 Å². The van der Waals surface area contributed by atoms with Crippen molar-refractivity contribution in [2.45, 2.75) is 46.7 Å². The van der Waals surface area contributed by atoms with E-state index >= 15 is 0 Å². The van der Waals surface area contributed by atoms with Crippen molar-refractivity contribution in [3.63, 3.8) is 0 Å². The van der Waals surface area contributed by atoms with Crippen LogP contribution in [0.2, 0.25) is 0 Å². The van der Waals surface area contributed by atoms with Crippen molar-refractivity contribution < 1.29 is 14.3 Å². The number of benzene rings is 1. The molecule has 2 aromatic rings. The van der Waals surface area contributed by atoms with Crippen LogP contribution in [0.1, 0.15) is 51.1 Å². The summed E-state index contributed by atoms with van der Waals surface area (Å²) < 4.78 is 6.37. The number of hydrogen-bond donors (Lipinski definition) is 1. The molecule has 1 atom stereocenters. The van der Waals surface area contributed by atoms with E-state index in [0.717, 1.165) is 0 Å². The molecule has 0 aliphatic rings. The zero-order valence-electron chi connectivity index (χ0n) is 15.8. The van der Waals surface area contributed by atoms with Gasteiger partial charge in [-0.05, 0) is 32.8 Å². The van der Waals surface area contributed by atoms with Gasteiger partial charge in [-0.1, -0.05) is 32.0 Å². The molecule has 1 amide bonds. The zero-order valence-corrected chi connectivity index (χ0v) is 15.8. The summed E-state index contributed by atoms with van der Waals surface area (Å²) in [5, 5.41) is 7.74.